The molecule has 0 radical (unpaired) electrons. The van der Waals surface area contributed by atoms with Crippen molar-refractivity contribution in [3.05, 3.63) is 77.0 Å². The fourth-order valence-electron chi connectivity index (χ4n) is 5.20. The Balaban J connectivity index is 1.40. The molecular weight excluding hydrogens is 603 g/mol. The molecule has 1 aliphatic rings. The van der Waals surface area contributed by atoms with Crippen molar-refractivity contribution >= 4 is 34.4 Å². The van der Waals surface area contributed by atoms with Gasteiger partial charge in [0.15, 0.2) is 23.1 Å². The molecule has 0 bridgehead atoms. The van der Waals surface area contributed by atoms with Gasteiger partial charge in [-0.15, -0.1) is 5.10 Å². The Morgan fingerprint density at radius 2 is 1.80 bits per heavy atom. The van der Waals surface area contributed by atoms with Crippen LogP contribution in [0.5, 0.6) is 0 Å². The van der Waals surface area contributed by atoms with Crippen molar-refractivity contribution in [3.8, 4) is 11.6 Å². The second-order valence-electron chi connectivity index (χ2n) is 11.9. The number of ketones is 1. The van der Waals surface area contributed by atoms with Gasteiger partial charge >= 0.3 is 12.3 Å². The van der Waals surface area contributed by atoms with Crippen LogP contribution >= 0.6 is 0 Å². The lowest BCUT2D eigenvalue weighted by molar-refractivity contribution is -0.142. The highest BCUT2D eigenvalue weighted by atomic mass is 19.4. The van der Waals surface area contributed by atoms with Crippen molar-refractivity contribution in [2.24, 2.45) is 0 Å². The lowest BCUT2D eigenvalue weighted by Crippen LogP contribution is -2.40. The van der Waals surface area contributed by atoms with Crippen LogP contribution in [0.2, 0.25) is 0 Å². The van der Waals surface area contributed by atoms with Gasteiger partial charge in [-0.1, -0.05) is 0 Å². The van der Waals surface area contributed by atoms with Gasteiger partial charge in [-0.05, 0) is 77.1 Å². The van der Waals surface area contributed by atoms with Crippen LogP contribution in [0, 0.1) is 6.92 Å². The average molecular weight is 634 g/mol. The van der Waals surface area contributed by atoms with Crippen LogP contribution in [0.25, 0.3) is 22.7 Å². The molecule has 6 rings (SSSR count). The Labute approximate surface area is 261 Å². The number of aromatic nitrogens is 7. The second kappa shape index (κ2) is 11.2. The summed E-state index contributed by atoms with van der Waals surface area (Å²) >= 11 is 0. The third-order valence-corrected chi connectivity index (χ3v) is 7.28. The number of carbonyl (C=O) groups excluding carboxylic acids is 2. The van der Waals surface area contributed by atoms with Crippen molar-refractivity contribution in [2.75, 3.05) is 11.9 Å². The predicted molar refractivity (Wildman–Crippen MR) is 161 cm³/mol. The zero-order valence-electron chi connectivity index (χ0n) is 25.7. The van der Waals surface area contributed by atoms with Crippen LogP contribution in [0.3, 0.4) is 0 Å². The van der Waals surface area contributed by atoms with E-state index >= 15 is 0 Å². The fraction of sp³-hybridized carbons (Fsp3) is 0.323. The van der Waals surface area contributed by atoms with Crippen LogP contribution in [-0.4, -0.2) is 63.4 Å². The largest absolute Gasteiger partial charge is 0.444 e. The Kier molecular flexibility index (Phi) is 7.49. The summed E-state index contributed by atoms with van der Waals surface area (Å²) in [6.45, 7) is 7.93. The standard InChI is InChI=1S/C31H30F3N9O3/c1-17-6-10-25(39-38-17)36-19-7-9-24-22(14-19)35-16-42(24)26-11-8-20(18(2)44)28(37-26)43-23-12-13-41(29(45)46-30(3,4)5)15-21(23)27(40-43)31(32,33)34/h6-11,14,16H,12-13,15H2,1-5H3,(H,36,39). The van der Waals surface area contributed by atoms with E-state index in [0.29, 0.717) is 22.7 Å². The van der Waals surface area contributed by atoms with Gasteiger partial charge in [-0.2, -0.15) is 23.4 Å². The molecule has 0 unspecified atom stereocenters. The van der Waals surface area contributed by atoms with E-state index in [1.807, 2.05) is 31.2 Å². The number of fused-ring (bicyclic) bond motifs is 2. The number of hydrogen-bond donors (Lipinski definition) is 1. The van der Waals surface area contributed by atoms with E-state index in [-0.39, 0.29) is 42.1 Å². The van der Waals surface area contributed by atoms with Gasteiger partial charge in [-0.3, -0.25) is 9.36 Å². The fourth-order valence-corrected chi connectivity index (χ4v) is 5.20. The van der Waals surface area contributed by atoms with Crippen molar-refractivity contribution in [3.63, 3.8) is 0 Å². The highest BCUT2D eigenvalue weighted by Crippen LogP contribution is 2.37. The third kappa shape index (κ3) is 5.99. The van der Waals surface area contributed by atoms with Gasteiger partial charge < -0.3 is 15.0 Å². The maximum absolute atomic E-state index is 14.3. The molecule has 0 fully saturated rings. The van der Waals surface area contributed by atoms with Crippen LogP contribution in [0.4, 0.5) is 29.5 Å². The number of hydrogen-bond acceptors (Lipinski definition) is 9. The smallest absolute Gasteiger partial charge is 0.435 e. The highest BCUT2D eigenvalue weighted by molar-refractivity contribution is 5.97. The Bertz CT molecular complexity index is 1980. The minimum Gasteiger partial charge on any atom is -0.444 e. The zero-order chi connectivity index (χ0) is 33.0. The van der Waals surface area contributed by atoms with Gasteiger partial charge in [0.2, 0.25) is 0 Å². The molecule has 0 saturated heterocycles. The lowest BCUT2D eigenvalue weighted by Gasteiger charge is -2.30. The number of nitrogens with zero attached hydrogens (tertiary/aromatic N) is 8. The van der Waals surface area contributed by atoms with Gasteiger partial charge in [0.25, 0.3) is 0 Å². The van der Waals surface area contributed by atoms with Crippen molar-refractivity contribution in [1.82, 2.24) is 39.4 Å². The number of alkyl halides is 3. The number of rotatable bonds is 5. The van der Waals surface area contributed by atoms with E-state index in [9.17, 15) is 22.8 Å². The van der Waals surface area contributed by atoms with E-state index in [0.717, 1.165) is 16.1 Å². The molecule has 0 saturated carbocycles. The molecule has 238 valence electrons. The summed E-state index contributed by atoms with van der Waals surface area (Å²) in [5.41, 5.74) is 0.956. The summed E-state index contributed by atoms with van der Waals surface area (Å²) < 4.78 is 51.1. The summed E-state index contributed by atoms with van der Waals surface area (Å²) in [4.78, 5) is 35.8. The third-order valence-electron chi connectivity index (χ3n) is 7.28. The van der Waals surface area contributed by atoms with Gasteiger partial charge in [-0.25, -0.2) is 19.4 Å². The molecule has 5 heterocycles. The zero-order valence-corrected chi connectivity index (χ0v) is 25.7. The molecule has 1 aromatic carbocycles. The summed E-state index contributed by atoms with van der Waals surface area (Å²) in [7, 11) is 0. The van der Waals surface area contributed by atoms with Crippen LogP contribution < -0.4 is 5.32 Å². The van der Waals surface area contributed by atoms with Gasteiger partial charge in [0.05, 0.1) is 34.5 Å². The van der Waals surface area contributed by atoms with E-state index in [1.54, 1.807) is 37.5 Å². The molecule has 0 spiro atoms. The summed E-state index contributed by atoms with van der Waals surface area (Å²) in [5.74, 6) is 0.422. The van der Waals surface area contributed by atoms with Crippen LogP contribution in [-0.2, 0) is 23.9 Å². The first-order valence-corrected chi connectivity index (χ1v) is 14.4. The average Bonchev–Trinajstić information content (AvgIpc) is 3.58. The number of benzene rings is 1. The first-order valence-electron chi connectivity index (χ1n) is 14.4. The summed E-state index contributed by atoms with van der Waals surface area (Å²) in [6, 6.07) is 12.2. The number of ether oxygens (including phenoxy) is 1. The van der Waals surface area contributed by atoms with Crippen LogP contribution in [0.15, 0.2) is 48.8 Å². The van der Waals surface area contributed by atoms with Crippen molar-refractivity contribution in [2.45, 2.75) is 59.4 Å². The van der Waals surface area contributed by atoms with Crippen molar-refractivity contribution < 1.29 is 27.5 Å². The molecule has 12 nitrogen and oxygen atoms in total. The van der Waals surface area contributed by atoms with Gasteiger partial charge in [0.1, 0.15) is 17.7 Å². The number of pyridine rings is 1. The number of anilines is 2. The van der Waals surface area contributed by atoms with E-state index in [2.05, 4.69) is 30.6 Å². The van der Waals surface area contributed by atoms with E-state index < -0.39 is 29.3 Å². The molecule has 15 heteroatoms. The van der Waals surface area contributed by atoms with E-state index in [1.165, 1.54) is 24.2 Å². The lowest BCUT2D eigenvalue weighted by atomic mass is 10.0. The Morgan fingerprint density at radius 3 is 2.48 bits per heavy atom. The summed E-state index contributed by atoms with van der Waals surface area (Å²) in [6.07, 6.45) is -3.97. The molecule has 1 amide bonds. The minimum atomic E-state index is -4.82. The SMILES string of the molecule is CC(=O)c1ccc(-n2cnc3cc(Nc4ccc(C)nn4)ccc32)nc1-n1nc(C(F)(F)F)c2c1CCN(C(=O)OC(C)(C)C)C2. The molecule has 0 atom stereocenters. The number of carbonyl (C=O) groups is 2. The van der Waals surface area contributed by atoms with Gasteiger partial charge in [0, 0.05) is 24.2 Å². The molecule has 5 aromatic rings. The second-order valence-corrected chi connectivity index (χ2v) is 11.9. The Hall–Kier alpha value is -5.34. The molecule has 1 aliphatic heterocycles. The molecule has 46 heavy (non-hydrogen) atoms. The number of Topliss-reactive ketones (excluding diaryl/α,β-unsaturated/α-hetero) is 1. The highest BCUT2D eigenvalue weighted by Gasteiger charge is 2.42. The topological polar surface area (TPSA) is 133 Å². The summed E-state index contributed by atoms with van der Waals surface area (Å²) in [5, 5.41) is 15.3. The minimum absolute atomic E-state index is 0.0377. The number of aryl methyl sites for hydroxylation is 1. The number of imidazole rings is 1. The number of amides is 1. The maximum atomic E-state index is 14.3. The van der Waals surface area contributed by atoms with E-state index in [4.69, 9.17) is 4.74 Å². The predicted octanol–water partition coefficient (Wildman–Crippen LogP) is 5.96. The molecule has 0 aliphatic carbocycles. The Morgan fingerprint density at radius 1 is 1.02 bits per heavy atom. The number of nitrogens with one attached hydrogen (secondary N) is 1. The first kappa shape index (κ1) is 30.7. The molecule has 4 aromatic heterocycles. The van der Waals surface area contributed by atoms with Crippen molar-refractivity contribution in [1.29, 1.82) is 0 Å². The first-order chi connectivity index (χ1) is 21.7. The molecular formula is C31H30F3N9O3. The number of halogens is 3. The monoisotopic (exact) mass is 633 g/mol. The quantitative estimate of drug-likeness (QED) is 0.233. The normalized spacial score (nSPS) is 13.5. The maximum Gasteiger partial charge on any atom is 0.435 e. The molecule has 1 N–H and O–H groups in total. The van der Waals surface area contributed by atoms with Crippen LogP contribution in [0.1, 0.15) is 60.7 Å².